The molecule has 0 saturated heterocycles. The van der Waals surface area contributed by atoms with Crippen LogP contribution < -0.4 is 4.74 Å². The molecular weight excluding hydrogens is 352 g/mol. The van der Waals surface area contributed by atoms with Gasteiger partial charge >= 0.3 is 5.97 Å². The number of rotatable bonds is 7. The molecule has 0 fully saturated rings. The molecule has 0 atom stereocenters. The Balaban J connectivity index is 1.69. The van der Waals surface area contributed by atoms with Crippen LogP contribution >= 0.6 is 11.3 Å². The average Bonchev–Trinajstić information content (AvgIpc) is 3.16. The molecule has 0 saturated carbocycles. The number of hydrogen-bond donors (Lipinski definition) is 0. The van der Waals surface area contributed by atoms with E-state index in [1.54, 1.807) is 6.08 Å². The number of benzene rings is 2. The minimum atomic E-state index is -0.340. The molecule has 0 aliphatic rings. The minimum Gasteiger partial charge on any atom is -0.423 e. The molecule has 0 aliphatic carbocycles. The van der Waals surface area contributed by atoms with Crippen LogP contribution in [0.2, 0.25) is 0 Å². The van der Waals surface area contributed by atoms with Crippen LogP contribution in [0.25, 0.3) is 21.6 Å². The summed E-state index contributed by atoms with van der Waals surface area (Å²) in [6.45, 7) is 4.19. The van der Waals surface area contributed by atoms with E-state index in [4.69, 9.17) is 4.74 Å². The van der Waals surface area contributed by atoms with Crippen LogP contribution in [0, 0.1) is 0 Å². The number of ether oxygens (including phenoxy) is 1. The lowest BCUT2D eigenvalue weighted by Gasteiger charge is -2.06. The lowest BCUT2D eigenvalue weighted by molar-refractivity contribution is -0.129. The van der Waals surface area contributed by atoms with Crippen molar-refractivity contribution in [1.82, 2.24) is 0 Å². The van der Waals surface area contributed by atoms with E-state index in [0.29, 0.717) is 5.75 Å². The van der Waals surface area contributed by atoms with Gasteiger partial charge in [0.15, 0.2) is 0 Å². The monoisotopic (exact) mass is 376 g/mol. The molecule has 27 heavy (non-hydrogen) atoms. The zero-order valence-electron chi connectivity index (χ0n) is 15.8. The van der Waals surface area contributed by atoms with E-state index in [9.17, 15) is 4.79 Å². The number of carbonyl (C=O) groups excluding carboxylic acids is 1. The fourth-order valence-corrected chi connectivity index (χ4v) is 3.94. The fraction of sp³-hybridized carbons (Fsp3) is 0.208. The van der Waals surface area contributed by atoms with E-state index in [0.717, 1.165) is 24.0 Å². The first-order chi connectivity index (χ1) is 13.2. The van der Waals surface area contributed by atoms with E-state index in [1.807, 2.05) is 42.5 Å². The van der Waals surface area contributed by atoms with Gasteiger partial charge in [-0.1, -0.05) is 62.7 Å². The van der Waals surface area contributed by atoms with Crippen LogP contribution in [0.15, 0.2) is 72.8 Å². The number of allylic oxidation sites excluding steroid dienone is 1. The second-order valence-electron chi connectivity index (χ2n) is 6.35. The molecule has 0 spiro atoms. The highest BCUT2D eigenvalue weighted by molar-refractivity contribution is 7.15. The molecule has 3 aromatic rings. The van der Waals surface area contributed by atoms with Gasteiger partial charge in [0, 0.05) is 15.8 Å². The third-order valence-electron chi connectivity index (χ3n) is 4.22. The van der Waals surface area contributed by atoms with Crippen molar-refractivity contribution >= 4 is 17.3 Å². The van der Waals surface area contributed by atoms with Crippen molar-refractivity contribution in [1.29, 1.82) is 0 Å². The second kappa shape index (κ2) is 9.33. The van der Waals surface area contributed by atoms with Gasteiger partial charge in [-0.25, -0.2) is 4.79 Å². The quantitative estimate of drug-likeness (QED) is 0.254. The van der Waals surface area contributed by atoms with Crippen molar-refractivity contribution in [2.24, 2.45) is 0 Å². The molecule has 0 radical (unpaired) electrons. The third-order valence-corrected chi connectivity index (χ3v) is 5.42. The highest BCUT2D eigenvalue weighted by Crippen LogP contribution is 2.31. The first kappa shape index (κ1) is 19.1. The van der Waals surface area contributed by atoms with E-state index < -0.39 is 0 Å². The van der Waals surface area contributed by atoms with Gasteiger partial charge in [0.2, 0.25) is 0 Å². The normalized spacial score (nSPS) is 11.0. The van der Waals surface area contributed by atoms with Gasteiger partial charge in [-0.3, -0.25) is 0 Å². The summed E-state index contributed by atoms with van der Waals surface area (Å²) in [6.07, 6.45) is 6.39. The number of hydrogen-bond acceptors (Lipinski definition) is 3. The number of esters is 1. The van der Waals surface area contributed by atoms with Crippen molar-refractivity contribution < 1.29 is 9.53 Å². The van der Waals surface area contributed by atoms with Crippen molar-refractivity contribution in [2.75, 3.05) is 0 Å². The molecule has 2 nitrogen and oxygen atoms in total. The molecule has 3 rings (SSSR count). The average molecular weight is 377 g/mol. The Hall–Kier alpha value is -2.65. The maximum absolute atomic E-state index is 11.6. The van der Waals surface area contributed by atoms with Crippen LogP contribution in [-0.4, -0.2) is 5.97 Å². The summed E-state index contributed by atoms with van der Waals surface area (Å²) in [5.41, 5.74) is 3.50. The SMILES string of the molecule is CCC=CC(=O)Oc1ccc(-c2ccc(-c3ccc(CCC)s3)cc2)cc1. The first-order valence-corrected chi connectivity index (χ1v) is 10.2. The van der Waals surface area contributed by atoms with Crippen LogP contribution in [0.5, 0.6) is 5.75 Å². The zero-order chi connectivity index (χ0) is 19.1. The van der Waals surface area contributed by atoms with Crippen LogP contribution in [-0.2, 0) is 11.2 Å². The topological polar surface area (TPSA) is 26.3 Å². The van der Waals surface area contributed by atoms with Gasteiger partial charge in [-0.2, -0.15) is 0 Å². The number of carbonyl (C=O) groups is 1. The summed E-state index contributed by atoms with van der Waals surface area (Å²) in [7, 11) is 0. The molecule has 3 heteroatoms. The predicted octanol–water partition coefficient (Wildman–Crippen LogP) is 6.91. The Labute approximate surface area is 165 Å². The maximum atomic E-state index is 11.6. The summed E-state index contributed by atoms with van der Waals surface area (Å²) in [6, 6.07) is 20.7. The third kappa shape index (κ3) is 5.18. The Morgan fingerprint density at radius 1 is 0.889 bits per heavy atom. The van der Waals surface area contributed by atoms with Gasteiger partial charge in [-0.05, 0) is 53.8 Å². The summed E-state index contributed by atoms with van der Waals surface area (Å²) in [4.78, 5) is 14.4. The second-order valence-corrected chi connectivity index (χ2v) is 7.52. The van der Waals surface area contributed by atoms with Crippen LogP contribution in [0.4, 0.5) is 0 Å². The predicted molar refractivity (Wildman–Crippen MR) is 114 cm³/mol. The molecule has 2 aromatic carbocycles. The standard InChI is InChI=1S/C24H24O2S/c1-3-5-7-24(25)26-21-14-12-19(13-15-21)18-8-10-20(11-9-18)23-17-16-22(27-23)6-4-2/h5,7-17H,3-4,6H2,1-2H3. The van der Waals surface area contributed by atoms with Gasteiger partial charge in [0.25, 0.3) is 0 Å². The Kier molecular flexibility index (Phi) is 6.61. The molecule has 0 aliphatic heterocycles. The highest BCUT2D eigenvalue weighted by Gasteiger charge is 2.05. The summed E-state index contributed by atoms with van der Waals surface area (Å²) < 4.78 is 5.28. The molecule has 0 N–H and O–H groups in total. The first-order valence-electron chi connectivity index (χ1n) is 9.37. The summed E-state index contributed by atoms with van der Waals surface area (Å²) in [5, 5.41) is 0. The Bertz CT molecular complexity index is 902. The van der Waals surface area contributed by atoms with Crippen LogP contribution in [0.1, 0.15) is 31.6 Å². The van der Waals surface area contributed by atoms with Crippen LogP contribution in [0.3, 0.4) is 0 Å². The fourth-order valence-electron chi connectivity index (χ4n) is 2.82. The van der Waals surface area contributed by atoms with E-state index >= 15 is 0 Å². The van der Waals surface area contributed by atoms with Gasteiger partial charge in [0.1, 0.15) is 5.75 Å². The molecule has 0 bridgehead atoms. The van der Waals surface area contributed by atoms with Crippen molar-refractivity contribution in [3.63, 3.8) is 0 Å². The smallest absolute Gasteiger partial charge is 0.335 e. The summed E-state index contributed by atoms with van der Waals surface area (Å²) >= 11 is 1.87. The lowest BCUT2D eigenvalue weighted by Crippen LogP contribution is -2.03. The van der Waals surface area contributed by atoms with E-state index in [-0.39, 0.29) is 5.97 Å². The largest absolute Gasteiger partial charge is 0.423 e. The van der Waals surface area contributed by atoms with Crippen molar-refractivity contribution in [3.8, 4) is 27.3 Å². The molecule has 138 valence electrons. The molecule has 1 aromatic heterocycles. The Morgan fingerprint density at radius 2 is 1.52 bits per heavy atom. The Morgan fingerprint density at radius 3 is 2.15 bits per heavy atom. The van der Waals surface area contributed by atoms with E-state index in [2.05, 4.69) is 43.3 Å². The molecule has 0 unspecified atom stereocenters. The minimum absolute atomic E-state index is 0.340. The maximum Gasteiger partial charge on any atom is 0.335 e. The van der Waals surface area contributed by atoms with Gasteiger partial charge < -0.3 is 4.74 Å². The molecule has 1 heterocycles. The van der Waals surface area contributed by atoms with Crippen molar-refractivity contribution in [2.45, 2.75) is 33.1 Å². The van der Waals surface area contributed by atoms with Crippen molar-refractivity contribution in [3.05, 3.63) is 77.7 Å². The number of aryl methyl sites for hydroxylation is 1. The van der Waals surface area contributed by atoms with Gasteiger partial charge in [0.05, 0.1) is 0 Å². The number of thiophene rings is 1. The van der Waals surface area contributed by atoms with Gasteiger partial charge in [-0.15, -0.1) is 11.3 Å². The molecular formula is C24H24O2S. The zero-order valence-corrected chi connectivity index (χ0v) is 16.6. The highest BCUT2D eigenvalue weighted by atomic mass is 32.1. The van der Waals surface area contributed by atoms with E-state index in [1.165, 1.54) is 27.8 Å². The lowest BCUT2D eigenvalue weighted by atomic mass is 10.0. The molecule has 0 amide bonds. The summed E-state index contributed by atoms with van der Waals surface area (Å²) in [5.74, 6) is 0.218.